The van der Waals surface area contributed by atoms with Crippen LogP contribution in [0.4, 0.5) is 10.1 Å². The molecule has 0 radical (unpaired) electrons. The third-order valence-electron chi connectivity index (χ3n) is 3.67. The molecule has 1 aliphatic rings. The van der Waals surface area contributed by atoms with E-state index in [1.807, 2.05) is 6.92 Å². The summed E-state index contributed by atoms with van der Waals surface area (Å²) in [6, 6.07) is 4.57. The first kappa shape index (κ1) is 15.7. The van der Waals surface area contributed by atoms with Gasteiger partial charge in [0.15, 0.2) is 0 Å². The van der Waals surface area contributed by atoms with Gasteiger partial charge in [-0.15, -0.1) is 0 Å². The van der Waals surface area contributed by atoms with E-state index in [1.54, 1.807) is 17.0 Å². The van der Waals surface area contributed by atoms with Gasteiger partial charge in [0.25, 0.3) is 5.91 Å². The second-order valence-electron chi connectivity index (χ2n) is 5.05. The molecule has 1 saturated heterocycles. The summed E-state index contributed by atoms with van der Waals surface area (Å²) in [4.78, 5) is 16.4. The number of halogens is 1. The van der Waals surface area contributed by atoms with Crippen molar-refractivity contribution in [2.75, 3.05) is 51.2 Å². The lowest BCUT2D eigenvalue weighted by Gasteiger charge is -2.34. The van der Waals surface area contributed by atoms with Crippen molar-refractivity contribution in [3.05, 3.63) is 29.6 Å². The minimum absolute atomic E-state index is 0.127. The van der Waals surface area contributed by atoms with Crippen LogP contribution >= 0.6 is 0 Å². The van der Waals surface area contributed by atoms with Crippen molar-refractivity contribution < 1.29 is 14.3 Å². The molecule has 1 heterocycles. The summed E-state index contributed by atoms with van der Waals surface area (Å²) in [7, 11) is 0. The van der Waals surface area contributed by atoms with Gasteiger partial charge in [-0.1, -0.05) is 6.07 Å². The van der Waals surface area contributed by atoms with Crippen molar-refractivity contribution in [3.63, 3.8) is 0 Å². The summed E-state index contributed by atoms with van der Waals surface area (Å²) in [6.45, 7) is 5.85. The fourth-order valence-corrected chi connectivity index (χ4v) is 2.55. The fourth-order valence-electron chi connectivity index (χ4n) is 2.55. The van der Waals surface area contributed by atoms with Gasteiger partial charge in [-0.05, 0) is 19.1 Å². The highest BCUT2D eigenvalue weighted by molar-refractivity contribution is 5.99. The van der Waals surface area contributed by atoms with Crippen LogP contribution in [0.5, 0.6) is 0 Å². The fraction of sp³-hybridized carbons (Fsp3) is 0.533. The Morgan fingerprint density at radius 2 is 2.05 bits per heavy atom. The Morgan fingerprint density at radius 3 is 2.67 bits per heavy atom. The van der Waals surface area contributed by atoms with Crippen molar-refractivity contribution in [2.24, 2.45) is 0 Å². The zero-order chi connectivity index (χ0) is 15.2. The number of aliphatic hydroxyl groups is 1. The van der Waals surface area contributed by atoms with E-state index in [4.69, 9.17) is 5.11 Å². The SMILES string of the molecule is CCNc1c(F)cccc1C(=O)N1CCN(CCO)CC1. The Kier molecular flexibility index (Phi) is 5.52. The minimum atomic E-state index is -0.401. The number of anilines is 1. The normalized spacial score (nSPS) is 16.0. The molecule has 1 amide bonds. The summed E-state index contributed by atoms with van der Waals surface area (Å²) in [6.07, 6.45) is 0. The first-order chi connectivity index (χ1) is 10.2. The molecule has 0 aromatic heterocycles. The van der Waals surface area contributed by atoms with Gasteiger partial charge >= 0.3 is 0 Å². The summed E-state index contributed by atoms with van der Waals surface area (Å²) >= 11 is 0. The van der Waals surface area contributed by atoms with Crippen LogP contribution in [0.3, 0.4) is 0 Å². The molecular formula is C15H22FN3O2. The molecule has 116 valence electrons. The monoisotopic (exact) mass is 295 g/mol. The number of β-amino-alcohol motifs (C(OH)–C–C–N with tert-alkyl or cyclic N) is 1. The number of carbonyl (C=O) groups is 1. The van der Waals surface area contributed by atoms with Gasteiger partial charge in [0, 0.05) is 39.3 Å². The molecule has 0 saturated carbocycles. The van der Waals surface area contributed by atoms with Crippen LogP contribution in [0.2, 0.25) is 0 Å². The van der Waals surface area contributed by atoms with Crippen LogP contribution in [-0.2, 0) is 0 Å². The molecular weight excluding hydrogens is 273 g/mol. The maximum absolute atomic E-state index is 13.9. The Morgan fingerprint density at radius 1 is 1.33 bits per heavy atom. The third kappa shape index (κ3) is 3.71. The maximum Gasteiger partial charge on any atom is 0.256 e. The number of aliphatic hydroxyl groups excluding tert-OH is 1. The average Bonchev–Trinajstić information content (AvgIpc) is 2.50. The van der Waals surface area contributed by atoms with Crippen LogP contribution in [0.25, 0.3) is 0 Å². The van der Waals surface area contributed by atoms with E-state index in [1.165, 1.54) is 6.07 Å². The largest absolute Gasteiger partial charge is 0.395 e. The predicted molar refractivity (Wildman–Crippen MR) is 80.0 cm³/mol. The van der Waals surface area contributed by atoms with Gasteiger partial charge in [-0.2, -0.15) is 0 Å². The van der Waals surface area contributed by atoms with Crippen molar-refractivity contribution in [1.82, 2.24) is 9.80 Å². The van der Waals surface area contributed by atoms with Crippen LogP contribution < -0.4 is 5.32 Å². The number of piperazine rings is 1. The van der Waals surface area contributed by atoms with Crippen molar-refractivity contribution in [1.29, 1.82) is 0 Å². The van der Waals surface area contributed by atoms with Crippen LogP contribution in [0.15, 0.2) is 18.2 Å². The van der Waals surface area contributed by atoms with E-state index in [2.05, 4.69) is 10.2 Å². The molecule has 5 nitrogen and oxygen atoms in total. The van der Waals surface area contributed by atoms with Gasteiger partial charge in [-0.3, -0.25) is 9.69 Å². The Hall–Kier alpha value is -1.66. The zero-order valence-corrected chi connectivity index (χ0v) is 12.3. The van der Waals surface area contributed by atoms with Gasteiger partial charge in [-0.25, -0.2) is 4.39 Å². The lowest BCUT2D eigenvalue weighted by molar-refractivity contribution is 0.0615. The number of para-hydroxylation sites is 1. The first-order valence-electron chi connectivity index (χ1n) is 7.32. The molecule has 1 aromatic carbocycles. The molecule has 0 atom stereocenters. The van der Waals surface area contributed by atoms with E-state index in [0.717, 1.165) is 13.1 Å². The minimum Gasteiger partial charge on any atom is -0.395 e. The molecule has 21 heavy (non-hydrogen) atoms. The number of hydrogen-bond donors (Lipinski definition) is 2. The van der Waals surface area contributed by atoms with Gasteiger partial charge in [0.1, 0.15) is 5.82 Å². The number of benzene rings is 1. The molecule has 0 aliphatic carbocycles. The van der Waals surface area contributed by atoms with E-state index < -0.39 is 5.82 Å². The summed E-state index contributed by atoms with van der Waals surface area (Å²) in [5.41, 5.74) is 0.662. The van der Waals surface area contributed by atoms with Crippen LogP contribution in [0.1, 0.15) is 17.3 Å². The lowest BCUT2D eigenvalue weighted by atomic mass is 10.1. The molecule has 2 N–H and O–H groups in total. The molecule has 1 aromatic rings. The molecule has 0 unspecified atom stereocenters. The average molecular weight is 295 g/mol. The maximum atomic E-state index is 13.9. The van der Waals surface area contributed by atoms with Gasteiger partial charge < -0.3 is 15.3 Å². The van der Waals surface area contributed by atoms with Crippen molar-refractivity contribution in [3.8, 4) is 0 Å². The number of amides is 1. The lowest BCUT2D eigenvalue weighted by Crippen LogP contribution is -2.49. The number of rotatable bonds is 5. The highest BCUT2D eigenvalue weighted by Crippen LogP contribution is 2.22. The molecule has 0 spiro atoms. The van der Waals surface area contributed by atoms with Crippen molar-refractivity contribution >= 4 is 11.6 Å². The number of hydrogen-bond acceptors (Lipinski definition) is 4. The topological polar surface area (TPSA) is 55.8 Å². The van der Waals surface area contributed by atoms with E-state index in [9.17, 15) is 9.18 Å². The zero-order valence-electron chi connectivity index (χ0n) is 12.3. The molecule has 1 aliphatic heterocycles. The Labute approximate surface area is 124 Å². The summed E-state index contributed by atoms with van der Waals surface area (Å²) < 4.78 is 13.9. The Balaban J connectivity index is 2.09. The summed E-state index contributed by atoms with van der Waals surface area (Å²) in [5.74, 6) is -0.546. The first-order valence-corrected chi connectivity index (χ1v) is 7.32. The Bertz CT molecular complexity index is 488. The van der Waals surface area contributed by atoms with E-state index in [-0.39, 0.29) is 18.2 Å². The third-order valence-corrected chi connectivity index (χ3v) is 3.67. The van der Waals surface area contributed by atoms with Crippen LogP contribution in [0, 0.1) is 5.82 Å². The van der Waals surface area contributed by atoms with Crippen molar-refractivity contribution in [2.45, 2.75) is 6.92 Å². The van der Waals surface area contributed by atoms with E-state index >= 15 is 0 Å². The molecule has 1 fully saturated rings. The molecule has 2 rings (SSSR count). The number of nitrogens with zero attached hydrogens (tertiary/aromatic N) is 2. The quantitative estimate of drug-likeness (QED) is 0.851. The van der Waals surface area contributed by atoms with Gasteiger partial charge in [0.2, 0.25) is 0 Å². The highest BCUT2D eigenvalue weighted by atomic mass is 19.1. The number of carbonyl (C=O) groups excluding carboxylic acids is 1. The van der Waals surface area contributed by atoms with Gasteiger partial charge in [0.05, 0.1) is 17.9 Å². The second-order valence-corrected chi connectivity index (χ2v) is 5.05. The second kappa shape index (κ2) is 7.38. The highest BCUT2D eigenvalue weighted by Gasteiger charge is 2.24. The summed E-state index contributed by atoms with van der Waals surface area (Å²) in [5, 5.41) is 11.9. The van der Waals surface area contributed by atoms with Crippen LogP contribution in [-0.4, -0.2) is 66.7 Å². The standard InChI is InChI=1S/C15H22FN3O2/c1-2-17-14-12(4-3-5-13(14)16)15(21)19-8-6-18(7-9-19)10-11-20/h3-5,17,20H,2,6-11H2,1H3. The van der Waals surface area contributed by atoms with E-state index in [0.29, 0.717) is 31.7 Å². The number of nitrogens with one attached hydrogen (secondary N) is 1. The molecule has 0 bridgehead atoms. The predicted octanol–water partition coefficient (Wildman–Crippen LogP) is 1.01. The molecule has 6 heteroatoms. The smallest absolute Gasteiger partial charge is 0.256 e.